The summed E-state index contributed by atoms with van der Waals surface area (Å²) in [5.74, 6) is 0.297. The lowest BCUT2D eigenvalue weighted by atomic mass is 10.1. The molecule has 2 unspecified atom stereocenters. The number of rotatable bonds is 5. The number of nitrogens with zero attached hydrogens (tertiary/aromatic N) is 1. The zero-order chi connectivity index (χ0) is 10.6. The van der Waals surface area contributed by atoms with Crippen molar-refractivity contribution in [3.63, 3.8) is 0 Å². The summed E-state index contributed by atoms with van der Waals surface area (Å²) in [6.07, 6.45) is 1.52. The molecule has 3 nitrogen and oxygen atoms in total. The molecule has 1 aromatic rings. The maximum absolute atomic E-state index is 9.59. The van der Waals surface area contributed by atoms with Gasteiger partial charge in [0.25, 0.3) is 0 Å². The average Bonchev–Trinajstić information content (AvgIpc) is 2.66. The van der Waals surface area contributed by atoms with Crippen LogP contribution in [0.1, 0.15) is 31.8 Å². The minimum absolute atomic E-state index is 0.225. The third-order valence-corrected chi connectivity index (χ3v) is 3.18. The SMILES string of the molecule is CC(NCC(O)C(C)C)c1nccs1. The first-order chi connectivity index (χ1) is 6.61. The number of aromatic nitrogens is 1. The van der Waals surface area contributed by atoms with Crippen molar-refractivity contribution >= 4 is 11.3 Å². The van der Waals surface area contributed by atoms with Gasteiger partial charge in [0.2, 0.25) is 0 Å². The molecule has 0 fully saturated rings. The molecule has 0 bridgehead atoms. The maximum Gasteiger partial charge on any atom is 0.109 e. The number of aliphatic hydroxyl groups is 1. The monoisotopic (exact) mass is 214 g/mol. The quantitative estimate of drug-likeness (QED) is 0.785. The van der Waals surface area contributed by atoms with E-state index in [9.17, 15) is 5.11 Å². The zero-order valence-electron chi connectivity index (χ0n) is 8.90. The van der Waals surface area contributed by atoms with Gasteiger partial charge in [0.15, 0.2) is 0 Å². The van der Waals surface area contributed by atoms with Gasteiger partial charge in [-0.2, -0.15) is 0 Å². The molecule has 80 valence electrons. The van der Waals surface area contributed by atoms with Crippen molar-refractivity contribution in [2.45, 2.75) is 32.9 Å². The minimum atomic E-state index is -0.280. The average molecular weight is 214 g/mol. The molecule has 0 amide bonds. The molecule has 0 aliphatic heterocycles. The molecule has 0 aromatic carbocycles. The fourth-order valence-corrected chi connectivity index (χ4v) is 1.74. The Morgan fingerprint density at radius 1 is 1.50 bits per heavy atom. The second-order valence-electron chi connectivity index (χ2n) is 3.81. The highest BCUT2D eigenvalue weighted by Gasteiger charge is 2.12. The molecule has 0 saturated heterocycles. The fourth-order valence-electron chi connectivity index (χ4n) is 1.07. The lowest BCUT2D eigenvalue weighted by Gasteiger charge is -2.17. The molecule has 4 heteroatoms. The molecule has 1 rings (SSSR count). The van der Waals surface area contributed by atoms with Crippen LogP contribution in [0.4, 0.5) is 0 Å². The maximum atomic E-state index is 9.59. The highest BCUT2D eigenvalue weighted by atomic mass is 32.1. The van der Waals surface area contributed by atoms with Crippen LogP contribution in [-0.2, 0) is 0 Å². The predicted octanol–water partition coefficient (Wildman–Crippen LogP) is 1.81. The molecule has 0 aliphatic carbocycles. The van der Waals surface area contributed by atoms with Gasteiger partial charge in [-0.25, -0.2) is 4.98 Å². The number of nitrogens with one attached hydrogen (secondary N) is 1. The van der Waals surface area contributed by atoms with Gasteiger partial charge in [-0.05, 0) is 12.8 Å². The van der Waals surface area contributed by atoms with Crippen LogP contribution in [0.25, 0.3) is 0 Å². The Morgan fingerprint density at radius 3 is 2.71 bits per heavy atom. The van der Waals surface area contributed by atoms with E-state index in [1.54, 1.807) is 17.5 Å². The topological polar surface area (TPSA) is 45.1 Å². The highest BCUT2D eigenvalue weighted by molar-refractivity contribution is 7.09. The molecular formula is C10H18N2OS. The van der Waals surface area contributed by atoms with Gasteiger partial charge in [0.1, 0.15) is 5.01 Å². The van der Waals surface area contributed by atoms with E-state index in [1.165, 1.54) is 0 Å². The van der Waals surface area contributed by atoms with Crippen molar-refractivity contribution in [1.29, 1.82) is 0 Å². The van der Waals surface area contributed by atoms with Crippen molar-refractivity contribution in [1.82, 2.24) is 10.3 Å². The molecule has 0 spiro atoms. The summed E-state index contributed by atoms with van der Waals surface area (Å²) in [6.45, 7) is 6.71. The minimum Gasteiger partial charge on any atom is -0.392 e. The van der Waals surface area contributed by atoms with E-state index in [0.29, 0.717) is 12.5 Å². The Labute approximate surface area is 89.2 Å². The Bertz CT molecular complexity index is 249. The van der Waals surface area contributed by atoms with E-state index in [0.717, 1.165) is 5.01 Å². The summed E-state index contributed by atoms with van der Waals surface area (Å²) in [5.41, 5.74) is 0. The lowest BCUT2D eigenvalue weighted by Crippen LogP contribution is -2.32. The van der Waals surface area contributed by atoms with E-state index in [4.69, 9.17) is 0 Å². The van der Waals surface area contributed by atoms with Crippen LogP contribution in [-0.4, -0.2) is 22.7 Å². The first-order valence-electron chi connectivity index (χ1n) is 4.92. The molecule has 0 radical (unpaired) electrons. The third-order valence-electron chi connectivity index (χ3n) is 2.22. The highest BCUT2D eigenvalue weighted by Crippen LogP contribution is 2.14. The van der Waals surface area contributed by atoms with Crippen LogP contribution in [0.15, 0.2) is 11.6 Å². The van der Waals surface area contributed by atoms with E-state index in [2.05, 4.69) is 17.2 Å². The van der Waals surface area contributed by atoms with E-state index >= 15 is 0 Å². The Morgan fingerprint density at radius 2 is 2.21 bits per heavy atom. The van der Waals surface area contributed by atoms with Gasteiger partial charge in [-0.1, -0.05) is 13.8 Å². The van der Waals surface area contributed by atoms with E-state index < -0.39 is 0 Å². The number of hydrogen-bond donors (Lipinski definition) is 2. The Balaban J connectivity index is 2.32. The lowest BCUT2D eigenvalue weighted by molar-refractivity contribution is 0.120. The second-order valence-corrected chi connectivity index (χ2v) is 4.74. The Hall–Kier alpha value is -0.450. The molecule has 1 heterocycles. The molecule has 2 atom stereocenters. The van der Waals surface area contributed by atoms with Crippen LogP contribution in [0.5, 0.6) is 0 Å². The van der Waals surface area contributed by atoms with Crippen molar-refractivity contribution in [2.75, 3.05) is 6.54 Å². The summed E-state index contributed by atoms with van der Waals surface area (Å²) in [5, 5.41) is 15.9. The van der Waals surface area contributed by atoms with Gasteiger partial charge < -0.3 is 10.4 Å². The summed E-state index contributed by atoms with van der Waals surface area (Å²) in [7, 11) is 0. The largest absolute Gasteiger partial charge is 0.392 e. The van der Waals surface area contributed by atoms with Crippen LogP contribution in [0, 0.1) is 5.92 Å². The molecule has 0 saturated carbocycles. The van der Waals surface area contributed by atoms with Gasteiger partial charge in [0, 0.05) is 18.1 Å². The summed E-state index contributed by atoms with van der Waals surface area (Å²) in [4.78, 5) is 4.21. The number of hydrogen-bond acceptors (Lipinski definition) is 4. The first-order valence-corrected chi connectivity index (χ1v) is 5.80. The predicted molar refractivity (Wildman–Crippen MR) is 59.4 cm³/mol. The molecule has 1 aromatic heterocycles. The van der Waals surface area contributed by atoms with Gasteiger partial charge in [-0.3, -0.25) is 0 Å². The smallest absolute Gasteiger partial charge is 0.109 e. The van der Waals surface area contributed by atoms with Crippen LogP contribution in [0.2, 0.25) is 0 Å². The molecule has 14 heavy (non-hydrogen) atoms. The molecular weight excluding hydrogens is 196 g/mol. The zero-order valence-corrected chi connectivity index (χ0v) is 9.71. The third kappa shape index (κ3) is 3.36. The van der Waals surface area contributed by atoms with Gasteiger partial charge >= 0.3 is 0 Å². The number of aliphatic hydroxyl groups excluding tert-OH is 1. The molecule has 0 aliphatic rings. The summed E-state index contributed by atoms with van der Waals surface area (Å²) in [6, 6.07) is 0.225. The fraction of sp³-hybridized carbons (Fsp3) is 0.700. The Kier molecular flexibility index (Phi) is 4.51. The van der Waals surface area contributed by atoms with E-state index in [-0.39, 0.29) is 12.1 Å². The van der Waals surface area contributed by atoms with Gasteiger partial charge in [-0.15, -0.1) is 11.3 Å². The van der Waals surface area contributed by atoms with Crippen LogP contribution in [0.3, 0.4) is 0 Å². The number of thiazole rings is 1. The van der Waals surface area contributed by atoms with Crippen molar-refractivity contribution in [3.8, 4) is 0 Å². The summed E-state index contributed by atoms with van der Waals surface area (Å²) < 4.78 is 0. The summed E-state index contributed by atoms with van der Waals surface area (Å²) >= 11 is 1.64. The van der Waals surface area contributed by atoms with Crippen molar-refractivity contribution in [2.24, 2.45) is 5.92 Å². The van der Waals surface area contributed by atoms with Crippen LogP contribution >= 0.6 is 11.3 Å². The second kappa shape index (κ2) is 5.44. The van der Waals surface area contributed by atoms with Crippen LogP contribution < -0.4 is 5.32 Å². The normalized spacial score (nSPS) is 15.8. The van der Waals surface area contributed by atoms with E-state index in [1.807, 2.05) is 19.2 Å². The first kappa shape index (κ1) is 11.6. The van der Waals surface area contributed by atoms with Crippen molar-refractivity contribution < 1.29 is 5.11 Å². The standard InChI is InChI=1S/C10H18N2OS/c1-7(2)9(13)6-12-8(3)10-11-4-5-14-10/h4-5,7-9,12-13H,6H2,1-3H3. The van der Waals surface area contributed by atoms with Crippen molar-refractivity contribution in [3.05, 3.63) is 16.6 Å². The van der Waals surface area contributed by atoms with Gasteiger partial charge in [0.05, 0.1) is 12.1 Å². The molecule has 2 N–H and O–H groups in total.